The van der Waals surface area contributed by atoms with E-state index in [0.29, 0.717) is 5.02 Å². The van der Waals surface area contributed by atoms with Gasteiger partial charge >= 0.3 is 0 Å². The van der Waals surface area contributed by atoms with E-state index in [0.717, 1.165) is 24.4 Å². The molecule has 0 saturated heterocycles. The van der Waals surface area contributed by atoms with Gasteiger partial charge in [0.25, 0.3) is 0 Å². The van der Waals surface area contributed by atoms with E-state index in [2.05, 4.69) is 17.3 Å². The van der Waals surface area contributed by atoms with Crippen molar-refractivity contribution in [3.05, 3.63) is 16.4 Å². The summed E-state index contributed by atoms with van der Waals surface area (Å²) in [6.07, 6.45) is 21.8. The third kappa shape index (κ3) is 12.6. The maximum Gasteiger partial charge on any atom is 0.241 e. The van der Waals surface area contributed by atoms with Gasteiger partial charge in [-0.05, 0) is 20.3 Å². The van der Waals surface area contributed by atoms with E-state index in [4.69, 9.17) is 11.6 Å². The molecule has 0 aliphatic carbocycles. The Morgan fingerprint density at radius 3 is 1.63 bits per heavy atom. The predicted octanol–water partition coefficient (Wildman–Crippen LogP) is 7.53. The van der Waals surface area contributed by atoms with Crippen molar-refractivity contribution in [2.45, 2.75) is 130 Å². The maximum absolute atomic E-state index is 12.0. The average molecular weight is 440 g/mol. The summed E-state index contributed by atoms with van der Waals surface area (Å²) in [7, 11) is 0. The highest BCUT2D eigenvalue weighted by Crippen LogP contribution is 2.18. The standard InChI is InChI=1S/C25H46ClN3O/c1-4-5-6-7-8-9-10-11-12-13-14-15-16-17-18-19-20-27-24(30)21-29-23(3)25(26)22(2)28-29/h4-21H2,1-3H3,(H,27,30). The molecule has 1 rings (SSSR count). The zero-order valence-corrected chi connectivity index (χ0v) is 20.7. The van der Waals surface area contributed by atoms with Crippen LogP contribution in [0.25, 0.3) is 0 Å². The fourth-order valence-electron chi connectivity index (χ4n) is 3.92. The molecule has 5 heteroatoms. The Hall–Kier alpha value is -1.03. The number of hydrogen-bond acceptors (Lipinski definition) is 2. The average Bonchev–Trinajstić information content (AvgIpc) is 2.96. The predicted molar refractivity (Wildman–Crippen MR) is 129 cm³/mol. The van der Waals surface area contributed by atoms with E-state index in [-0.39, 0.29) is 12.5 Å². The highest BCUT2D eigenvalue weighted by atomic mass is 35.5. The Kier molecular flexibility index (Phi) is 15.9. The highest BCUT2D eigenvalue weighted by Gasteiger charge is 2.11. The first-order valence-electron chi connectivity index (χ1n) is 12.5. The van der Waals surface area contributed by atoms with Gasteiger partial charge in [0.1, 0.15) is 6.54 Å². The van der Waals surface area contributed by atoms with Gasteiger partial charge in [-0.1, -0.05) is 115 Å². The van der Waals surface area contributed by atoms with E-state index in [1.54, 1.807) is 4.68 Å². The first kappa shape index (κ1) is 27.0. The van der Waals surface area contributed by atoms with Crippen molar-refractivity contribution in [3.63, 3.8) is 0 Å². The Bertz CT molecular complexity index is 571. The van der Waals surface area contributed by atoms with Gasteiger partial charge in [-0.2, -0.15) is 5.10 Å². The molecule has 4 nitrogen and oxygen atoms in total. The van der Waals surface area contributed by atoms with Gasteiger partial charge in [0.05, 0.1) is 16.4 Å². The van der Waals surface area contributed by atoms with Crippen LogP contribution in [0, 0.1) is 13.8 Å². The topological polar surface area (TPSA) is 46.9 Å². The molecule has 0 aliphatic rings. The molecule has 0 saturated carbocycles. The molecule has 1 aromatic rings. The van der Waals surface area contributed by atoms with E-state index < -0.39 is 0 Å². The van der Waals surface area contributed by atoms with Crippen LogP contribution < -0.4 is 5.32 Å². The van der Waals surface area contributed by atoms with Crippen molar-refractivity contribution in [1.82, 2.24) is 15.1 Å². The molecule has 0 atom stereocenters. The van der Waals surface area contributed by atoms with Gasteiger partial charge in [0, 0.05) is 6.54 Å². The second kappa shape index (κ2) is 17.6. The van der Waals surface area contributed by atoms with Crippen LogP contribution in [0.5, 0.6) is 0 Å². The molecule has 0 bridgehead atoms. The maximum atomic E-state index is 12.0. The van der Waals surface area contributed by atoms with Crippen LogP contribution in [0.1, 0.15) is 121 Å². The quantitative estimate of drug-likeness (QED) is 0.226. The third-order valence-electron chi connectivity index (χ3n) is 5.94. The van der Waals surface area contributed by atoms with Crippen LogP contribution in [0.4, 0.5) is 0 Å². The fourth-order valence-corrected chi connectivity index (χ4v) is 4.06. The van der Waals surface area contributed by atoms with Crippen molar-refractivity contribution in [1.29, 1.82) is 0 Å². The summed E-state index contributed by atoms with van der Waals surface area (Å²) in [5, 5.41) is 7.95. The monoisotopic (exact) mass is 439 g/mol. The van der Waals surface area contributed by atoms with Gasteiger partial charge in [0.2, 0.25) is 5.91 Å². The first-order chi connectivity index (χ1) is 14.6. The minimum absolute atomic E-state index is 0.0122. The number of amides is 1. The van der Waals surface area contributed by atoms with Gasteiger partial charge in [-0.3, -0.25) is 9.48 Å². The molecule has 0 radical (unpaired) electrons. The second-order valence-electron chi connectivity index (χ2n) is 8.80. The fraction of sp³-hybridized carbons (Fsp3) is 0.840. The smallest absolute Gasteiger partial charge is 0.241 e. The summed E-state index contributed by atoms with van der Waals surface area (Å²) in [5.74, 6) is 0.0122. The molecule has 1 amide bonds. The molecule has 30 heavy (non-hydrogen) atoms. The van der Waals surface area contributed by atoms with Crippen molar-refractivity contribution in [3.8, 4) is 0 Å². The number of hydrogen-bond donors (Lipinski definition) is 1. The van der Waals surface area contributed by atoms with E-state index in [1.807, 2.05) is 13.8 Å². The number of carbonyl (C=O) groups excluding carboxylic acids is 1. The lowest BCUT2D eigenvalue weighted by Gasteiger charge is -2.07. The molecule has 1 aromatic heterocycles. The zero-order chi connectivity index (χ0) is 22.0. The molecule has 1 N–H and O–H groups in total. The van der Waals surface area contributed by atoms with Crippen LogP contribution >= 0.6 is 11.6 Å². The molecular formula is C25H46ClN3O. The molecule has 0 aliphatic heterocycles. The number of nitrogens with one attached hydrogen (secondary N) is 1. The number of aryl methyl sites for hydroxylation is 1. The van der Waals surface area contributed by atoms with Crippen LogP contribution in [0.15, 0.2) is 0 Å². The minimum Gasteiger partial charge on any atom is -0.354 e. The summed E-state index contributed by atoms with van der Waals surface area (Å²) in [5.41, 5.74) is 1.63. The number of halogens is 1. The zero-order valence-electron chi connectivity index (χ0n) is 19.9. The number of unbranched alkanes of at least 4 members (excludes halogenated alkanes) is 15. The Labute approximate surface area is 190 Å². The Morgan fingerprint density at radius 1 is 0.800 bits per heavy atom. The third-order valence-corrected chi connectivity index (χ3v) is 6.49. The summed E-state index contributed by atoms with van der Waals surface area (Å²) in [6.45, 7) is 7.04. The minimum atomic E-state index is 0.0122. The van der Waals surface area contributed by atoms with E-state index >= 15 is 0 Å². The van der Waals surface area contributed by atoms with Crippen LogP contribution in [-0.2, 0) is 11.3 Å². The van der Waals surface area contributed by atoms with Gasteiger partial charge in [0.15, 0.2) is 0 Å². The SMILES string of the molecule is CCCCCCCCCCCCCCCCCCNC(=O)Cn1nc(C)c(Cl)c1C. The molecular weight excluding hydrogens is 394 g/mol. The second-order valence-corrected chi connectivity index (χ2v) is 9.17. The lowest BCUT2D eigenvalue weighted by molar-refractivity contribution is -0.121. The van der Waals surface area contributed by atoms with Crippen molar-refractivity contribution >= 4 is 17.5 Å². The van der Waals surface area contributed by atoms with Crippen LogP contribution in [0.3, 0.4) is 0 Å². The van der Waals surface area contributed by atoms with Crippen molar-refractivity contribution in [2.75, 3.05) is 6.54 Å². The lowest BCUT2D eigenvalue weighted by atomic mass is 10.0. The van der Waals surface area contributed by atoms with Crippen molar-refractivity contribution in [2.24, 2.45) is 0 Å². The van der Waals surface area contributed by atoms with Gasteiger partial charge < -0.3 is 5.32 Å². The summed E-state index contributed by atoms with van der Waals surface area (Å²) < 4.78 is 1.68. The summed E-state index contributed by atoms with van der Waals surface area (Å²) in [6, 6.07) is 0. The van der Waals surface area contributed by atoms with E-state index in [1.165, 1.54) is 96.3 Å². The number of aromatic nitrogens is 2. The lowest BCUT2D eigenvalue weighted by Crippen LogP contribution is -2.29. The molecule has 174 valence electrons. The van der Waals surface area contributed by atoms with Gasteiger partial charge in [-0.25, -0.2) is 0 Å². The molecule has 0 unspecified atom stereocenters. The normalized spacial score (nSPS) is 11.2. The molecule has 0 fully saturated rings. The molecule has 0 aromatic carbocycles. The number of carbonyl (C=O) groups is 1. The highest BCUT2D eigenvalue weighted by molar-refractivity contribution is 6.31. The van der Waals surface area contributed by atoms with Gasteiger partial charge in [-0.15, -0.1) is 0 Å². The number of rotatable bonds is 19. The Morgan fingerprint density at radius 2 is 1.23 bits per heavy atom. The van der Waals surface area contributed by atoms with Crippen molar-refractivity contribution < 1.29 is 4.79 Å². The number of nitrogens with zero attached hydrogens (tertiary/aromatic N) is 2. The summed E-state index contributed by atoms with van der Waals surface area (Å²) >= 11 is 6.12. The molecule has 1 heterocycles. The Balaban J connectivity index is 1.83. The van der Waals surface area contributed by atoms with Crippen LogP contribution in [-0.4, -0.2) is 22.2 Å². The first-order valence-corrected chi connectivity index (χ1v) is 12.9. The summed E-state index contributed by atoms with van der Waals surface area (Å²) in [4.78, 5) is 12.0. The van der Waals surface area contributed by atoms with E-state index in [9.17, 15) is 4.79 Å². The van der Waals surface area contributed by atoms with Crippen LogP contribution in [0.2, 0.25) is 5.02 Å². The largest absolute Gasteiger partial charge is 0.354 e. The molecule has 0 spiro atoms.